The fourth-order valence-corrected chi connectivity index (χ4v) is 2.54. The number of hydrogen-bond donors (Lipinski definition) is 0. The largest absolute Gasteiger partial charge is 0.300 e. The maximum Gasteiger partial charge on any atom is 0.133 e. The minimum atomic E-state index is 0.493. The monoisotopic (exact) mass is 186 g/mol. The zero-order valence-corrected chi connectivity index (χ0v) is 8.66. The fourth-order valence-electron chi connectivity index (χ4n) is 1.75. The summed E-state index contributed by atoms with van der Waals surface area (Å²) in [7, 11) is 0. The first-order valence-electron chi connectivity index (χ1n) is 4.92. The van der Waals surface area contributed by atoms with Crippen LogP contribution in [0.15, 0.2) is 0 Å². The van der Waals surface area contributed by atoms with Gasteiger partial charge >= 0.3 is 0 Å². The van der Waals surface area contributed by atoms with Gasteiger partial charge in [-0.05, 0) is 36.7 Å². The molecule has 0 aliphatic heterocycles. The molecule has 0 radical (unpaired) electrons. The van der Waals surface area contributed by atoms with Gasteiger partial charge in [-0.3, -0.25) is 4.79 Å². The van der Waals surface area contributed by atoms with Gasteiger partial charge in [0.05, 0.1) is 0 Å². The molecular weight excluding hydrogens is 168 g/mol. The topological polar surface area (TPSA) is 17.1 Å². The van der Waals surface area contributed by atoms with Gasteiger partial charge in [0.1, 0.15) is 5.78 Å². The van der Waals surface area contributed by atoms with Crippen LogP contribution in [0.1, 0.15) is 39.0 Å². The lowest BCUT2D eigenvalue weighted by Crippen LogP contribution is -2.15. The highest BCUT2D eigenvalue weighted by Gasteiger charge is 2.18. The summed E-state index contributed by atoms with van der Waals surface area (Å²) in [6.45, 7) is 2.19. The predicted molar refractivity (Wildman–Crippen MR) is 54.6 cm³/mol. The van der Waals surface area contributed by atoms with Crippen molar-refractivity contribution < 1.29 is 4.79 Å². The third-order valence-corrected chi connectivity index (χ3v) is 3.39. The molecule has 0 heterocycles. The Hall–Kier alpha value is 0.0200. The van der Waals surface area contributed by atoms with E-state index < -0.39 is 0 Å². The van der Waals surface area contributed by atoms with Gasteiger partial charge in [-0.25, -0.2) is 0 Å². The van der Waals surface area contributed by atoms with Crippen molar-refractivity contribution in [2.45, 2.75) is 39.0 Å². The average Bonchev–Trinajstić information content (AvgIpc) is 2.05. The summed E-state index contributed by atoms with van der Waals surface area (Å²) in [5.74, 6) is 3.66. The second-order valence-electron chi connectivity index (χ2n) is 3.49. The van der Waals surface area contributed by atoms with Crippen molar-refractivity contribution in [1.29, 1.82) is 0 Å². The Bertz CT molecular complexity index is 145. The summed E-state index contributed by atoms with van der Waals surface area (Å²) in [4.78, 5) is 11.1. The molecule has 0 aromatic rings. The van der Waals surface area contributed by atoms with Crippen molar-refractivity contribution in [3.05, 3.63) is 0 Å². The molecule has 12 heavy (non-hydrogen) atoms. The zero-order chi connectivity index (χ0) is 8.81. The Morgan fingerprint density at radius 3 is 3.08 bits per heavy atom. The highest BCUT2D eigenvalue weighted by atomic mass is 32.2. The molecule has 1 fully saturated rings. The van der Waals surface area contributed by atoms with Crippen LogP contribution in [0.2, 0.25) is 0 Å². The van der Waals surface area contributed by atoms with Crippen LogP contribution in [0, 0.1) is 5.92 Å². The van der Waals surface area contributed by atoms with Crippen LogP contribution >= 0.6 is 11.8 Å². The quantitative estimate of drug-likeness (QED) is 0.628. The molecule has 1 rings (SSSR count). The first kappa shape index (κ1) is 10.1. The van der Waals surface area contributed by atoms with E-state index in [0.717, 1.165) is 19.3 Å². The molecule has 0 aromatic carbocycles. The Balaban J connectivity index is 2.10. The van der Waals surface area contributed by atoms with Gasteiger partial charge in [-0.15, -0.1) is 0 Å². The summed E-state index contributed by atoms with van der Waals surface area (Å²) >= 11 is 1.99. The molecule has 0 N–H and O–H groups in total. The Morgan fingerprint density at radius 1 is 1.58 bits per heavy atom. The normalized spacial score (nSPS) is 24.4. The van der Waals surface area contributed by atoms with E-state index in [1.165, 1.54) is 24.3 Å². The first-order chi connectivity index (χ1) is 5.83. The molecule has 1 aliphatic carbocycles. The van der Waals surface area contributed by atoms with E-state index in [1.807, 2.05) is 11.8 Å². The molecule has 1 aliphatic rings. The van der Waals surface area contributed by atoms with Gasteiger partial charge in [0.2, 0.25) is 0 Å². The van der Waals surface area contributed by atoms with Crippen molar-refractivity contribution in [2.75, 3.05) is 11.5 Å². The fraction of sp³-hybridized carbons (Fsp3) is 0.900. The van der Waals surface area contributed by atoms with Crippen LogP contribution < -0.4 is 0 Å². The van der Waals surface area contributed by atoms with Crippen LogP contribution in [0.5, 0.6) is 0 Å². The van der Waals surface area contributed by atoms with E-state index in [9.17, 15) is 4.79 Å². The van der Waals surface area contributed by atoms with Gasteiger partial charge in [0, 0.05) is 12.8 Å². The number of hydrogen-bond acceptors (Lipinski definition) is 2. The molecule has 0 amide bonds. The standard InChI is InChI=1S/C10H18OS/c1-2-12-7-6-9-4-3-5-10(11)8-9/h9H,2-8H2,1H3. The van der Waals surface area contributed by atoms with Crippen LogP contribution in [-0.2, 0) is 4.79 Å². The summed E-state index contributed by atoms with van der Waals surface area (Å²) in [6, 6.07) is 0. The van der Waals surface area contributed by atoms with Crippen molar-refractivity contribution in [3.8, 4) is 0 Å². The smallest absolute Gasteiger partial charge is 0.133 e. The maximum atomic E-state index is 11.1. The third kappa shape index (κ3) is 3.61. The van der Waals surface area contributed by atoms with Gasteiger partial charge in [-0.1, -0.05) is 6.92 Å². The van der Waals surface area contributed by atoms with E-state index in [-0.39, 0.29) is 0 Å². The third-order valence-electron chi connectivity index (χ3n) is 2.46. The minimum Gasteiger partial charge on any atom is -0.300 e. The lowest BCUT2D eigenvalue weighted by atomic mass is 9.87. The number of rotatable bonds is 4. The first-order valence-corrected chi connectivity index (χ1v) is 6.08. The molecule has 70 valence electrons. The summed E-state index contributed by atoms with van der Waals surface area (Å²) in [6.07, 6.45) is 5.39. The molecule has 0 saturated heterocycles. The van der Waals surface area contributed by atoms with Crippen LogP contribution in [0.3, 0.4) is 0 Å². The van der Waals surface area contributed by atoms with Gasteiger partial charge < -0.3 is 0 Å². The molecule has 1 atom stereocenters. The van der Waals surface area contributed by atoms with E-state index >= 15 is 0 Å². The molecule has 0 spiro atoms. The number of carbonyl (C=O) groups is 1. The van der Waals surface area contributed by atoms with E-state index in [4.69, 9.17) is 0 Å². The van der Waals surface area contributed by atoms with Gasteiger partial charge in [-0.2, -0.15) is 11.8 Å². The second-order valence-corrected chi connectivity index (χ2v) is 4.88. The Kier molecular flexibility index (Phi) is 4.74. The number of thioether (sulfide) groups is 1. The molecule has 0 aromatic heterocycles. The van der Waals surface area contributed by atoms with E-state index in [2.05, 4.69) is 6.92 Å². The lowest BCUT2D eigenvalue weighted by Gasteiger charge is -2.19. The van der Waals surface area contributed by atoms with Crippen LogP contribution in [0.4, 0.5) is 0 Å². The number of carbonyl (C=O) groups excluding carboxylic acids is 1. The molecule has 1 saturated carbocycles. The van der Waals surface area contributed by atoms with Gasteiger partial charge in [0.15, 0.2) is 0 Å². The SMILES string of the molecule is CCSCCC1CCCC(=O)C1. The van der Waals surface area contributed by atoms with E-state index in [1.54, 1.807) is 0 Å². The molecular formula is C10H18OS. The summed E-state index contributed by atoms with van der Waals surface area (Å²) in [5.41, 5.74) is 0. The van der Waals surface area contributed by atoms with Crippen LogP contribution in [-0.4, -0.2) is 17.3 Å². The van der Waals surface area contributed by atoms with Crippen molar-refractivity contribution in [3.63, 3.8) is 0 Å². The highest BCUT2D eigenvalue weighted by Crippen LogP contribution is 2.25. The predicted octanol–water partition coefficient (Wildman–Crippen LogP) is 2.89. The average molecular weight is 186 g/mol. The lowest BCUT2D eigenvalue weighted by molar-refractivity contribution is -0.121. The summed E-state index contributed by atoms with van der Waals surface area (Å²) in [5, 5.41) is 0. The van der Waals surface area contributed by atoms with Gasteiger partial charge in [0.25, 0.3) is 0 Å². The second kappa shape index (κ2) is 5.63. The van der Waals surface area contributed by atoms with E-state index in [0.29, 0.717) is 11.7 Å². The number of Topliss-reactive ketones (excluding diaryl/α,β-unsaturated/α-hetero) is 1. The van der Waals surface area contributed by atoms with Crippen LogP contribution in [0.25, 0.3) is 0 Å². The zero-order valence-electron chi connectivity index (χ0n) is 7.84. The van der Waals surface area contributed by atoms with Crippen molar-refractivity contribution >= 4 is 17.5 Å². The van der Waals surface area contributed by atoms with Crippen molar-refractivity contribution in [2.24, 2.45) is 5.92 Å². The molecule has 1 nitrogen and oxygen atoms in total. The summed E-state index contributed by atoms with van der Waals surface area (Å²) < 4.78 is 0. The highest BCUT2D eigenvalue weighted by molar-refractivity contribution is 7.99. The Labute approximate surface area is 79.3 Å². The minimum absolute atomic E-state index is 0.493. The van der Waals surface area contributed by atoms with Crippen molar-refractivity contribution in [1.82, 2.24) is 0 Å². The molecule has 2 heteroatoms. The number of ketones is 1. The maximum absolute atomic E-state index is 11.1. The molecule has 1 unspecified atom stereocenters. The molecule has 0 bridgehead atoms. The Morgan fingerprint density at radius 2 is 2.42 bits per heavy atom.